The first-order valence-electron chi connectivity index (χ1n) is 10.4. The zero-order valence-corrected chi connectivity index (χ0v) is 16.7. The van der Waals surface area contributed by atoms with E-state index in [1.807, 2.05) is 6.07 Å². The first-order chi connectivity index (χ1) is 14.5. The van der Waals surface area contributed by atoms with E-state index in [-0.39, 0.29) is 25.4 Å². The minimum absolute atomic E-state index is 0.107. The predicted molar refractivity (Wildman–Crippen MR) is 107 cm³/mol. The Morgan fingerprint density at radius 3 is 2.53 bits per heavy atom. The summed E-state index contributed by atoms with van der Waals surface area (Å²) in [6, 6.07) is 4.67. The summed E-state index contributed by atoms with van der Waals surface area (Å²) in [6.07, 6.45) is 2.16. The van der Waals surface area contributed by atoms with Crippen molar-refractivity contribution >= 4 is 23.6 Å². The zero-order chi connectivity index (χ0) is 21.3. The minimum Gasteiger partial charge on any atom is -0.395 e. The lowest BCUT2D eigenvalue weighted by Crippen LogP contribution is -2.54. The van der Waals surface area contributed by atoms with Gasteiger partial charge in [-0.25, -0.2) is 0 Å². The molecule has 0 bridgehead atoms. The van der Waals surface area contributed by atoms with Gasteiger partial charge in [0.05, 0.1) is 17.7 Å². The van der Waals surface area contributed by atoms with Gasteiger partial charge < -0.3 is 10.4 Å². The van der Waals surface area contributed by atoms with Crippen molar-refractivity contribution in [2.24, 2.45) is 0 Å². The third-order valence-corrected chi connectivity index (χ3v) is 6.08. The van der Waals surface area contributed by atoms with E-state index in [0.29, 0.717) is 30.3 Å². The molecule has 1 aromatic carbocycles. The molecule has 9 heteroatoms. The van der Waals surface area contributed by atoms with Crippen LogP contribution in [0.25, 0.3) is 0 Å². The van der Waals surface area contributed by atoms with E-state index in [4.69, 9.17) is 5.11 Å². The average Bonchev–Trinajstić information content (AvgIpc) is 2.99. The van der Waals surface area contributed by atoms with Crippen LogP contribution in [0.4, 0.5) is 0 Å². The molecular formula is C21H26N4O5. The van der Waals surface area contributed by atoms with Crippen LogP contribution in [0.15, 0.2) is 18.2 Å². The number of nitrogens with zero attached hydrogens (tertiary/aromatic N) is 2. The Kier molecular flexibility index (Phi) is 5.94. The highest BCUT2D eigenvalue weighted by Crippen LogP contribution is 2.30. The van der Waals surface area contributed by atoms with E-state index >= 15 is 0 Å². The molecule has 9 nitrogen and oxygen atoms in total. The lowest BCUT2D eigenvalue weighted by Gasteiger charge is -2.32. The lowest BCUT2D eigenvalue weighted by molar-refractivity contribution is -0.136. The molecule has 2 saturated heterocycles. The Morgan fingerprint density at radius 1 is 1.07 bits per heavy atom. The molecule has 4 rings (SSSR count). The van der Waals surface area contributed by atoms with Gasteiger partial charge in [0.15, 0.2) is 0 Å². The molecule has 30 heavy (non-hydrogen) atoms. The predicted octanol–water partition coefficient (Wildman–Crippen LogP) is -0.366. The summed E-state index contributed by atoms with van der Waals surface area (Å²) in [5.74, 6) is -1.91. The third-order valence-electron chi connectivity index (χ3n) is 6.08. The monoisotopic (exact) mass is 414 g/mol. The molecule has 0 saturated carbocycles. The van der Waals surface area contributed by atoms with E-state index in [1.165, 1.54) is 0 Å². The van der Waals surface area contributed by atoms with Crippen LogP contribution < -0.4 is 10.6 Å². The van der Waals surface area contributed by atoms with Gasteiger partial charge in [0.1, 0.15) is 6.04 Å². The van der Waals surface area contributed by atoms with Crippen LogP contribution >= 0.6 is 0 Å². The van der Waals surface area contributed by atoms with E-state index in [0.717, 1.165) is 36.4 Å². The number of nitrogens with one attached hydrogen (secondary N) is 2. The van der Waals surface area contributed by atoms with Crippen molar-refractivity contribution in [3.8, 4) is 0 Å². The van der Waals surface area contributed by atoms with Gasteiger partial charge in [0, 0.05) is 25.6 Å². The Bertz CT molecular complexity index is 878. The molecule has 3 N–H and O–H groups in total. The molecule has 0 radical (unpaired) electrons. The lowest BCUT2D eigenvalue weighted by atomic mass is 10.00. The molecule has 160 valence electrons. The molecule has 1 aromatic rings. The van der Waals surface area contributed by atoms with Gasteiger partial charge in [0.25, 0.3) is 11.8 Å². The fourth-order valence-electron chi connectivity index (χ4n) is 4.52. The Hall–Kier alpha value is -2.62. The topological polar surface area (TPSA) is 119 Å². The second-order valence-corrected chi connectivity index (χ2v) is 8.02. The first-order valence-corrected chi connectivity index (χ1v) is 10.4. The van der Waals surface area contributed by atoms with Crippen molar-refractivity contribution < 1.29 is 24.3 Å². The fourth-order valence-corrected chi connectivity index (χ4v) is 4.52. The van der Waals surface area contributed by atoms with E-state index in [9.17, 15) is 19.2 Å². The number of hydrogen-bond acceptors (Lipinski definition) is 7. The van der Waals surface area contributed by atoms with Crippen LogP contribution in [0.1, 0.15) is 52.0 Å². The molecule has 2 fully saturated rings. The number of aliphatic hydroxyl groups excluding tert-OH is 1. The molecule has 1 unspecified atom stereocenters. The Labute approximate surface area is 174 Å². The molecular weight excluding hydrogens is 388 g/mol. The first kappa shape index (κ1) is 20.6. The van der Waals surface area contributed by atoms with Gasteiger partial charge in [-0.2, -0.15) is 0 Å². The maximum absolute atomic E-state index is 13.2. The number of carbonyl (C=O) groups is 4. The quantitative estimate of drug-likeness (QED) is 0.544. The van der Waals surface area contributed by atoms with Gasteiger partial charge in [-0.05, 0) is 44.0 Å². The number of amides is 4. The van der Waals surface area contributed by atoms with Gasteiger partial charge in [-0.1, -0.05) is 12.1 Å². The van der Waals surface area contributed by atoms with Crippen LogP contribution in [0.2, 0.25) is 0 Å². The van der Waals surface area contributed by atoms with Crippen molar-refractivity contribution in [3.05, 3.63) is 34.9 Å². The van der Waals surface area contributed by atoms with Crippen molar-refractivity contribution in [1.29, 1.82) is 0 Å². The summed E-state index contributed by atoms with van der Waals surface area (Å²) < 4.78 is 0. The van der Waals surface area contributed by atoms with Gasteiger partial charge >= 0.3 is 0 Å². The summed E-state index contributed by atoms with van der Waals surface area (Å²) in [5, 5.41) is 14.5. The molecule has 3 aliphatic rings. The fraction of sp³-hybridized carbons (Fsp3) is 0.524. The number of imide groups is 2. The number of benzene rings is 1. The van der Waals surface area contributed by atoms with E-state index < -0.39 is 23.8 Å². The summed E-state index contributed by atoms with van der Waals surface area (Å²) in [6.45, 7) is 2.97. The van der Waals surface area contributed by atoms with E-state index in [1.54, 1.807) is 12.1 Å². The van der Waals surface area contributed by atoms with Crippen molar-refractivity contribution in [3.63, 3.8) is 0 Å². The summed E-state index contributed by atoms with van der Waals surface area (Å²) in [7, 11) is 0. The van der Waals surface area contributed by atoms with Gasteiger partial charge in [-0.3, -0.25) is 34.3 Å². The molecule has 3 aliphatic heterocycles. The highest BCUT2D eigenvalue weighted by molar-refractivity contribution is 6.24. The SMILES string of the molecule is O=C1CCC(N2C(=O)c3cccc(CN4CCC(NCCO)CC4)c3C2=O)C(=O)N1. The zero-order valence-electron chi connectivity index (χ0n) is 16.7. The molecule has 4 amide bonds. The number of aliphatic hydroxyl groups is 1. The van der Waals surface area contributed by atoms with Gasteiger partial charge in [-0.15, -0.1) is 0 Å². The van der Waals surface area contributed by atoms with Crippen LogP contribution in [-0.4, -0.2) is 76.9 Å². The van der Waals surface area contributed by atoms with Crippen molar-refractivity contribution in [2.45, 2.75) is 44.3 Å². The van der Waals surface area contributed by atoms with Crippen LogP contribution in [0.5, 0.6) is 0 Å². The summed E-state index contributed by atoms with van der Waals surface area (Å²) in [5.41, 5.74) is 1.47. The molecule has 0 spiro atoms. The molecule has 0 aromatic heterocycles. The smallest absolute Gasteiger partial charge is 0.262 e. The Balaban J connectivity index is 1.48. The Morgan fingerprint density at radius 2 is 1.83 bits per heavy atom. The van der Waals surface area contributed by atoms with Crippen LogP contribution in [-0.2, 0) is 16.1 Å². The minimum atomic E-state index is -0.948. The normalized spacial score (nSPS) is 23.1. The number of hydrogen-bond donors (Lipinski definition) is 3. The highest BCUT2D eigenvalue weighted by Gasteiger charge is 2.45. The highest BCUT2D eigenvalue weighted by atomic mass is 16.3. The number of carbonyl (C=O) groups excluding carboxylic acids is 4. The van der Waals surface area contributed by atoms with Gasteiger partial charge in [0.2, 0.25) is 11.8 Å². The second kappa shape index (κ2) is 8.63. The number of likely N-dealkylation sites (tertiary alicyclic amines) is 1. The number of fused-ring (bicyclic) bond motifs is 1. The standard InChI is InChI=1S/C21H26N4O5/c26-11-8-22-14-6-9-24(10-7-14)12-13-2-1-3-15-18(13)21(30)25(20(15)29)16-4-5-17(27)23-19(16)28/h1-3,14,16,22,26H,4-12H2,(H,23,27,28). The van der Waals surface area contributed by atoms with Crippen molar-refractivity contribution in [1.82, 2.24) is 20.4 Å². The number of rotatable bonds is 6. The molecule has 1 atom stereocenters. The maximum atomic E-state index is 13.2. The second-order valence-electron chi connectivity index (χ2n) is 8.02. The van der Waals surface area contributed by atoms with Crippen molar-refractivity contribution in [2.75, 3.05) is 26.2 Å². The number of piperidine rings is 2. The summed E-state index contributed by atoms with van der Waals surface area (Å²) >= 11 is 0. The maximum Gasteiger partial charge on any atom is 0.262 e. The average molecular weight is 414 g/mol. The molecule has 3 heterocycles. The summed E-state index contributed by atoms with van der Waals surface area (Å²) in [4.78, 5) is 53.0. The van der Waals surface area contributed by atoms with E-state index in [2.05, 4.69) is 15.5 Å². The largest absolute Gasteiger partial charge is 0.395 e. The van der Waals surface area contributed by atoms with Crippen LogP contribution in [0.3, 0.4) is 0 Å². The third kappa shape index (κ3) is 3.88. The van der Waals surface area contributed by atoms with Crippen LogP contribution in [0, 0.1) is 0 Å². The molecule has 0 aliphatic carbocycles.